The molecule has 4 rings (SSSR count). The summed E-state index contributed by atoms with van der Waals surface area (Å²) in [5, 5.41) is 11.7. The first-order chi connectivity index (χ1) is 17.1. The van der Waals surface area contributed by atoms with Gasteiger partial charge in [-0.05, 0) is 42.0 Å². The Bertz CT molecular complexity index is 1570. The summed E-state index contributed by atoms with van der Waals surface area (Å²) in [5.41, 5.74) is -0.851. The van der Waals surface area contributed by atoms with E-state index in [0.717, 1.165) is 22.8 Å². The highest BCUT2D eigenvalue weighted by atomic mass is 19.2. The Morgan fingerprint density at radius 1 is 1.03 bits per heavy atom. The molecule has 2 aromatic carbocycles. The highest BCUT2D eigenvalue weighted by Gasteiger charge is 2.24. The summed E-state index contributed by atoms with van der Waals surface area (Å²) in [6, 6.07) is 6.84. The number of pyridine rings is 1. The first kappa shape index (κ1) is 24.3. The number of hydrogen-bond acceptors (Lipinski definition) is 5. The van der Waals surface area contributed by atoms with Gasteiger partial charge in [0.05, 0.1) is 17.6 Å². The van der Waals surface area contributed by atoms with Crippen molar-refractivity contribution in [3.8, 4) is 5.75 Å². The van der Waals surface area contributed by atoms with Gasteiger partial charge in [0.1, 0.15) is 17.9 Å². The Morgan fingerprint density at radius 2 is 1.72 bits per heavy atom. The Kier molecular flexibility index (Phi) is 6.63. The third-order valence-electron chi connectivity index (χ3n) is 5.17. The molecule has 13 heteroatoms. The third kappa shape index (κ3) is 5.14. The van der Waals surface area contributed by atoms with Gasteiger partial charge in [0.25, 0.3) is 11.5 Å². The fourth-order valence-electron chi connectivity index (χ4n) is 3.42. The minimum absolute atomic E-state index is 0.0661. The van der Waals surface area contributed by atoms with Crippen LogP contribution in [0.2, 0.25) is 0 Å². The molecule has 4 aromatic rings. The monoisotopic (exact) mass is 502 g/mol. The standard InChI is InChI=1S/C23H17F3N4O6/c24-14-6-11(7-15(25)19(14)26)9-30-5-1-2-13(21(30)32)20(31)27-18(22(33)34)10-36-12-3-4-16-17(8-12)29-23(35)28-16/h1-8,18H,9-10H2,(H,27,31)(H,33,34)(H2,28,29,35)/t18-/m0/s1. The lowest BCUT2D eigenvalue weighted by Crippen LogP contribution is -2.46. The van der Waals surface area contributed by atoms with Gasteiger partial charge >= 0.3 is 11.7 Å². The first-order valence-electron chi connectivity index (χ1n) is 10.3. The van der Waals surface area contributed by atoms with Crippen LogP contribution in [0.4, 0.5) is 13.2 Å². The molecule has 0 fully saturated rings. The molecule has 2 heterocycles. The highest BCUT2D eigenvalue weighted by Crippen LogP contribution is 2.17. The van der Waals surface area contributed by atoms with E-state index in [1.165, 1.54) is 24.4 Å². The van der Waals surface area contributed by atoms with Gasteiger partial charge < -0.3 is 29.7 Å². The molecule has 4 N–H and O–H groups in total. The van der Waals surface area contributed by atoms with Crippen molar-refractivity contribution in [3.05, 3.63) is 98.1 Å². The van der Waals surface area contributed by atoms with Crippen LogP contribution in [-0.2, 0) is 11.3 Å². The van der Waals surface area contributed by atoms with Crippen LogP contribution in [0, 0.1) is 17.5 Å². The lowest BCUT2D eigenvalue weighted by molar-refractivity contribution is -0.140. The zero-order valence-corrected chi connectivity index (χ0v) is 18.2. The highest BCUT2D eigenvalue weighted by molar-refractivity contribution is 5.96. The Morgan fingerprint density at radius 3 is 2.42 bits per heavy atom. The fourth-order valence-corrected chi connectivity index (χ4v) is 3.42. The summed E-state index contributed by atoms with van der Waals surface area (Å²) in [6.07, 6.45) is 1.25. The van der Waals surface area contributed by atoms with E-state index in [2.05, 4.69) is 15.3 Å². The first-order valence-corrected chi connectivity index (χ1v) is 10.3. The smallest absolute Gasteiger partial charge is 0.329 e. The van der Waals surface area contributed by atoms with E-state index in [1.807, 2.05) is 0 Å². The number of aromatic nitrogens is 3. The van der Waals surface area contributed by atoms with Gasteiger partial charge in [-0.15, -0.1) is 0 Å². The number of benzene rings is 2. The summed E-state index contributed by atoms with van der Waals surface area (Å²) < 4.78 is 46.6. The number of halogens is 3. The molecule has 186 valence electrons. The lowest BCUT2D eigenvalue weighted by atomic mass is 10.2. The Hall–Kier alpha value is -4.81. The summed E-state index contributed by atoms with van der Waals surface area (Å²) in [5.74, 6) is -6.75. The van der Waals surface area contributed by atoms with Crippen molar-refractivity contribution in [2.24, 2.45) is 0 Å². The number of aromatic amines is 2. The molecule has 0 radical (unpaired) electrons. The molecule has 10 nitrogen and oxygen atoms in total. The second-order valence-electron chi connectivity index (χ2n) is 7.69. The summed E-state index contributed by atoms with van der Waals surface area (Å²) in [6.45, 7) is -0.875. The number of carboxylic acids is 1. The number of carbonyl (C=O) groups excluding carboxylic acids is 1. The molecule has 2 aromatic heterocycles. The van der Waals surface area contributed by atoms with Crippen molar-refractivity contribution in [1.29, 1.82) is 0 Å². The SMILES string of the molecule is O=C(N[C@@H](COc1ccc2[nH]c(=O)[nH]c2c1)C(=O)O)c1cccn(Cc2cc(F)c(F)c(F)c2)c1=O. The van der Waals surface area contributed by atoms with E-state index in [1.54, 1.807) is 6.07 Å². The average Bonchev–Trinajstić information content (AvgIpc) is 3.20. The van der Waals surface area contributed by atoms with Gasteiger partial charge in [-0.25, -0.2) is 22.8 Å². The predicted octanol–water partition coefficient (Wildman–Crippen LogP) is 1.75. The number of amides is 1. The number of hydrogen-bond donors (Lipinski definition) is 4. The van der Waals surface area contributed by atoms with Crippen molar-refractivity contribution in [3.63, 3.8) is 0 Å². The van der Waals surface area contributed by atoms with Crippen LogP contribution in [0.15, 0.2) is 58.3 Å². The molecule has 0 unspecified atom stereocenters. The lowest BCUT2D eigenvalue weighted by Gasteiger charge is -2.16. The van der Waals surface area contributed by atoms with E-state index >= 15 is 0 Å². The summed E-state index contributed by atoms with van der Waals surface area (Å²) >= 11 is 0. The topological polar surface area (TPSA) is 146 Å². The van der Waals surface area contributed by atoms with Crippen molar-refractivity contribution in [1.82, 2.24) is 19.9 Å². The average molecular weight is 502 g/mol. The van der Waals surface area contributed by atoms with Crippen molar-refractivity contribution >= 4 is 22.9 Å². The van der Waals surface area contributed by atoms with E-state index in [0.29, 0.717) is 11.0 Å². The zero-order valence-electron chi connectivity index (χ0n) is 18.2. The molecule has 0 aliphatic rings. The van der Waals surface area contributed by atoms with E-state index in [4.69, 9.17) is 4.74 Å². The summed E-state index contributed by atoms with van der Waals surface area (Å²) in [7, 11) is 0. The number of fused-ring (bicyclic) bond motifs is 1. The molecule has 36 heavy (non-hydrogen) atoms. The maximum atomic E-state index is 13.5. The van der Waals surface area contributed by atoms with Gasteiger partial charge in [0.2, 0.25) is 0 Å². The number of carbonyl (C=O) groups is 2. The van der Waals surface area contributed by atoms with Gasteiger partial charge in [-0.1, -0.05) is 0 Å². The second-order valence-corrected chi connectivity index (χ2v) is 7.69. The number of aliphatic carboxylic acids is 1. The minimum Gasteiger partial charge on any atom is -0.491 e. The minimum atomic E-state index is -1.65. The van der Waals surface area contributed by atoms with E-state index in [-0.39, 0.29) is 17.9 Å². The molecule has 1 amide bonds. The molecule has 1 atom stereocenters. The van der Waals surface area contributed by atoms with E-state index in [9.17, 15) is 37.5 Å². The number of nitrogens with one attached hydrogen (secondary N) is 3. The molecular weight excluding hydrogens is 485 g/mol. The van der Waals surface area contributed by atoms with Crippen molar-refractivity contribution < 1.29 is 32.6 Å². The molecule has 0 saturated carbocycles. The van der Waals surface area contributed by atoms with Crippen LogP contribution in [0.5, 0.6) is 5.75 Å². The van der Waals surface area contributed by atoms with E-state index < -0.39 is 58.8 Å². The maximum Gasteiger partial charge on any atom is 0.329 e. The van der Waals surface area contributed by atoms with Gasteiger partial charge in [-0.2, -0.15) is 0 Å². The second kappa shape index (κ2) is 9.82. The normalized spacial score (nSPS) is 11.9. The molecule has 0 spiro atoms. The quantitative estimate of drug-likeness (QED) is 0.270. The van der Waals surface area contributed by atoms with Crippen molar-refractivity contribution in [2.45, 2.75) is 12.6 Å². The molecule has 0 saturated heterocycles. The van der Waals surface area contributed by atoms with Crippen LogP contribution in [0.3, 0.4) is 0 Å². The number of H-pyrrole nitrogens is 2. The maximum absolute atomic E-state index is 13.5. The summed E-state index contributed by atoms with van der Waals surface area (Å²) in [4.78, 5) is 53.5. The number of ether oxygens (including phenoxy) is 1. The van der Waals surface area contributed by atoms with Crippen LogP contribution < -0.4 is 21.3 Å². The van der Waals surface area contributed by atoms with Gasteiger partial charge in [0.15, 0.2) is 23.5 Å². The molecule has 0 bridgehead atoms. The number of nitrogens with zero attached hydrogens (tertiary/aromatic N) is 1. The van der Waals surface area contributed by atoms with Crippen LogP contribution in [0.1, 0.15) is 15.9 Å². The van der Waals surface area contributed by atoms with Crippen LogP contribution in [0.25, 0.3) is 11.0 Å². The Balaban J connectivity index is 1.48. The zero-order chi connectivity index (χ0) is 26.0. The fraction of sp³-hybridized carbons (Fsp3) is 0.130. The Labute approximate surface area is 199 Å². The third-order valence-corrected chi connectivity index (χ3v) is 5.17. The largest absolute Gasteiger partial charge is 0.491 e. The molecular formula is C23H17F3N4O6. The molecule has 0 aliphatic heterocycles. The van der Waals surface area contributed by atoms with Gasteiger partial charge in [0, 0.05) is 12.3 Å². The number of carboxylic acid groups (broad SMARTS) is 1. The predicted molar refractivity (Wildman–Crippen MR) is 119 cm³/mol. The number of rotatable bonds is 8. The number of imidazole rings is 1. The molecule has 0 aliphatic carbocycles. The van der Waals surface area contributed by atoms with Crippen LogP contribution in [-0.4, -0.2) is 44.2 Å². The van der Waals surface area contributed by atoms with Crippen molar-refractivity contribution in [2.75, 3.05) is 6.61 Å². The van der Waals surface area contributed by atoms with Gasteiger partial charge in [-0.3, -0.25) is 9.59 Å². The van der Waals surface area contributed by atoms with Crippen LogP contribution >= 0.6 is 0 Å².